The Labute approximate surface area is 173 Å². The van der Waals surface area contributed by atoms with E-state index in [9.17, 15) is 19.7 Å². The fourth-order valence-electron chi connectivity index (χ4n) is 2.63. The third-order valence-corrected chi connectivity index (χ3v) is 4.50. The number of carbonyl (C=O) groups excluding carboxylic acids is 2. The van der Waals surface area contributed by atoms with E-state index in [1.165, 1.54) is 18.2 Å². The standard InChI is InChI=1S/C20H14BrNO7/c1-11(23)28-19-16(21)8-12(9-17(19)22(25)26)7-14-10-18(29-20(14)24)13-3-5-15(27-2)6-4-13/h3-10H,1-2H3. The number of benzene rings is 2. The van der Waals surface area contributed by atoms with Crippen LogP contribution < -0.4 is 9.47 Å². The summed E-state index contributed by atoms with van der Waals surface area (Å²) < 4.78 is 15.5. The maximum atomic E-state index is 12.2. The molecule has 0 saturated carbocycles. The Morgan fingerprint density at radius 1 is 1.24 bits per heavy atom. The lowest BCUT2D eigenvalue weighted by Gasteiger charge is -2.06. The van der Waals surface area contributed by atoms with E-state index < -0.39 is 22.5 Å². The maximum absolute atomic E-state index is 12.2. The highest BCUT2D eigenvalue weighted by Crippen LogP contribution is 2.38. The molecule has 0 bridgehead atoms. The predicted octanol–water partition coefficient (Wildman–Crippen LogP) is 4.27. The zero-order valence-corrected chi connectivity index (χ0v) is 16.9. The zero-order valence-electron chi connectivity index (χ0n) is 15.3. The Bertz CT molecular complexity index is 1070. The van der Waals surface area contributed by atoms with E-state index in [2.05, 4.69) is 15.9 Å². The van der Waals surface area contributed by atoms with Crippen LogP contribution in [0.2, 0.25) is 0 Å². The molecule has 1 aliphatic heterocycles. The van der Waals surface area contributed by atoms with E-state index in [4.69, 9.17) is 14.2 Å². The predicted molar refractivity (Wildman–Crippen MR) is 107 cm³/mol. The van der Waals surface area contributed by atoms with Crippen LogP contribution >= 0.6 is 15.9 Å². The summed E-state index contributed by atoms with van der Waals surface area (Å²) in [7, 11) is 1.55. The Morgan fingerprint density at radius 2 is 1.93 bits per heavy atom. The minimum atomic E-state index is -0.689. The number of nitro groups is 1. The highest BCUT2D eigenvalue weighted by Gasteiger charge is 2.25. The van der Waals surface area contributed by atoms with Gasteiger partial charge in [0.05, 0.1) is 22.1 Å². The molecule has 0 saturated heterocycles. The molecule has 0 aromatic heterocycles. The van der Waals surface area contributed by atoms with Crippen LogP contribution in [-0.2, 0) is 14.3 Å². The number of hydrogen-bond acceptors (Lipinski definition) is 7. The number of nitro benzene ring substituents is 1. The molecule has 0 atom stereocenters. The van der Waals surface area contributed by atoms with Gasteiger partial charge in [0.2, 0.25) is 5.75 Å². The van der Waals surface area contributed by atoms with Crippen molar-refractivity contribution in [3.05, 3.63) is 73.8 Å². The van der Waals surface area contributed by atoms with E-state index in [1.807, 2.05) is 0 Å². The quantitative estimate of drug-likeness (QED) is 0.216. The molecule has 0 unspecified atom stereocenters. The van der Waals surface area contributed by atoms with Crippen LogP contribution in [0.1, 0.15) is 18.1 Å². The molecule has 2 aromatic rings. The van der Waals surface area contributed by atoms with Crippen LogP contribution in [0.5, 0.6) is 11.5 Å². The minimum absolute atomic E-state index is 0.201. The van der Waals surface area contributed by atoms with Gasteiger partial charge in [0, 0.05) is 18.6 Å². The summed E-state index contributed by atoms with van der Waals surface area (Å²) in [5, 5.41) is 11.4. The van der Waals surface area contributed by atoms with E-state index >= 15 is 0 Å². The van der Waals surface area contributed by atoms with Gasteiger partial charge in [-0.05, 0) is 64.0 Å². The first-order valence-corrected chi connectivity index (χ1v) is 9.04. The first-order valence-electron chi connectivity index (χ1n) is 8.25. The molecule has 0 spiro atoms. The summed E-state index contributed by atoms with van der Waals surface area (Å²) >= 11 is 3.17. The number of methoxy groups -OCH3 is 1. The number of ether oxygens (including phenoxy) is 3. The summed E-state index contributed by atoms with van der Waals surface area (Å²) in [4.78, 5) is 34.1. The van der Waals surface area contributed by atoms with E-state index in [0.29, 0.717) is 22.6 Å². The van der Waals surface area contributed by atoms with Gasteiger partial charge in [-0.15, -0.1) is 0 Å². The molecule has 3 rings (SSSR count). The Balaban J connectivity index is 1.98. The van der Waals surface area contributed by atoms with Gasteiger partial charge in [-0.1, -0.05) is 0 Å². The highest BCUT2D eigenvalue weighted by molar-refractivity contribution is 9.10. The summed E-state index contributed by atoms with van der Waals surface area (Å²) in [6.45, 7) is 1.14. The van der Waals surface area contributed by atoms with Crippen molar-refractivity contribution >= 4 is 45.4 Å². The Kier molecular flexibility index (Phi) is 5.79. The summed E-state index contributed by atoms with van der Waals surface area (Å²) in [5.41, 5.74) is 0.850. The molecule has 0 N–H and O–H groups in total. The van der Waals surface area contributed by atoms with Crippen molar-refractivity contribution in [2.75, 3.05) is 7.11 Å². The fourth-order valence-corrected chi connectivity index (χ4v) is 3.18. The average molecular weight is 460 g/mol. The lowest BCUT2D eigenvalue weighted by Crippen LogP contribution is -2.05. The number of halogens is 1. The lowest BCUT2D eigenvalue weighted by atomic mass is 10.1. The van der Waals surface area contributed by atoms with Crippen LogP contribution in [0.4, 0.5) is 5.69 Å². The lowest BCUT2D eigenvalue weighted by molar-refractivity contribution is -0.385. The molecule has 8 nitrogen and oxygen atoms in total. The SMILES string of the molecule is COc1ccc(C2=CC(=Cc3cc(Br)c(OC(C)=O)c([N+](=O)[O-])c3)C(=O)O2)cc1. The van der Waals surface area contributed by atoms with Gasteiger partial charge in [-0.3, -0.25) is 14.9 Å². The molecule has 1 heterocycles. The molecular formula is C20H14BrNO7. The van der Waals surface area contributed by atoms with E-state index in [0.717, 1.165) is 6.92 Å². The molecule has 0 fully saturated rings. The van der Waals surface area contributed by atoms with Crippen molar-refractivity contribution in [1.29, 1.82) is 0 Å². The van der Waals surface area contributed by atoms with Crippen molar-refractivity contribution in [2.45, 2.75) is 6.92 Å². The number of nitrogens with zero attached hydrogens (tertiary/aromatic N) is 1. The van der Waals surface area contributed by atoms with E-state index in [-0.39, 0.29) is 15.8 Å². The van der Waals surface area contributed by atoms with Crippen molar-refractivity contribution in [1.82, 2.24) is 0 Å². The monoisotopic (exact) mass is 459 g/mol. The van der Waals surface area contributed by atoms with E-state index in [1.54, 1.807) is 37.5 Å². The first-order chi connectivity index (χ1) is 13.8. The van der Waals surface area contributed by atoms with Crippen LogP contribution in [-0.4, -0.2) is 24.0 Å². The maximum Gasteiger partial charge on any atom is 0.343 e. The number of hydrogen-bond donors (Lipinski definition) is 0. The largest absolute Gasteiger partial charge is 0.497 e. The van der Waals surface area contributed by atoms with Crippen LogP contribution in [0.25, 0.3) is 11.8 Å². The molecule has 148 valence electrons. The van der Waals surface area contributed by atoms with Crippen molar-refractivity contribution in [3.8, 4) is 11.5 Å². The van der Waals surface area contributed by atoms with Gasteiger partial charge >= 0.3 is 17.6 Å². The summed E-state index contributed by atoms with van der Waals surface area (Å²) in [6, 6.07) is 9.68. The van der Waals surface area contributed by atoms with Gasteiger partial charge in [-0.2, -0.15) is 0 Å². The van der Waals surface area contributed by atoms with Gasteiger partial charge in [-0.25, -0.2) is 4.79 Å². The molecule has 0 aliphatic carbocycles. The third-order valence-electron chi connectivity index (χ3n) is 3.91. The Hall–Kier alpha value is -3.46. The number of rotatable bonds is 5. The molecule has 1 aliphatic rings. The Morgan fingerprint density at radius 3 is 2.52 bits per heavy atom. The van der Waals surface area contributed by atoms with Crippen molar-refractivity contribution in [2.24, 2.45) is 0 Å². The van der Waals surface area contributed by atoms with Gasteiger partial charge in [0.15, 0.2) is 0 Å². The van der Waals surface area contributed by atoms with Crippen LogP contribution in [0.15, 0.2) is 52.5 Å². The van der Waals surface area contributed by atoms with Gasteiger partial charge in [0.25, 0.3) is 0 Å². The second kappa shape index (κ2) is 8.27. The molecule has 2 aromatic carbocycles. The number of cyclic esters (lactones) is 1. The van der Waals surface area contributed by atoms with Crippen molar-refractivity contribution < 1.29 is 28.7 Å². The van der Waals surface area contributed by atoms with Crippen LogP contribution in [0, 0.1) is 10.1 Å². The van der Waals surface area contributed by atoms with Crippen molar-refractivity contribution in [3.63, 3.8) is 0 Å². The molecule has 9 heteroatoms. The normalized spacial score (nSPS) is 14.4. The van der Waals surface area contributed by atoms with Gasteiger partial charge in [0.1, 0.15) is 11.5 Å². The first kappa shape index (κ1) is 20.3. The second-order valence-corrected chi connectivity index (χ2v) is 6.78. The third kappa shape index (κ3) is 4.52. The number of esters is 2. The minimum Gasteiger partial charge on any atom is -0.497 e. The number of carbonyl (C=O) groups is 2. The molecule has 0 amide bonds. The fraction of sp³-hybridized carbons (Fsp3) is 0.100. The topological polar surface area (TPSA) is 105 Å². The van der Waals surface area contributed by atoms with Crippen LogP contribution in [0.3, 0.4) is 0 Å². The highest BCUT2D eigenvalue weighted by atomic mass is 79.9. The zero-order chi connectivity index (χ0) is 21.1. The summed E-state index contributed by atoms with van der Waals surface area (Å²) in [6.07, 6.45) is 3.00. The summed E-state index contributed by atoms with van der Waals surface area (Å²) in [5.74, 6) is -0.452. The molecule has 29 heavy (non-hydrogen) atoms. The average Bonchev–Trinajstić information content (AvgIpc) is 3.03. The molecular weight excluding hydrogens is 446 g/mol. The second-order valence-electron chi connectivity index (χ2n) is 5.93. The van der Waals surface area contributed by atoms with Gasteiger partial charge < -0.3 is 14.2 Å². The smallest absolute Gasteiger partial charge is 0.343 e. The molecule has 0 radical (unpaired) electrons.